The highest BCUT2D eigenvalue weighted by Crippen LogP contribution is 2.32. The van der Waals surface area contributed by atoms with E-state index in [0.29, 0.717) is 21.9 Å². The van der Waals surface area contributed by atoms with Gasteiger partial charge in [0.2, 0.25) is 5.91 Å². The third-order valence-electron chi connectivity index (χ3n) is 5.07. The van der Waals surface area contributed by atoms with E-state index in [9.17, 15) is 14.0 Å². The van der Waals surface area contributed by atoms with Crippen molar-refractivity contribution in [2.24, 2.45) is 0 Å². The summed E-state index contributed by atoms with van der Waals surface area (Å²) in [5.41, 5.74) is 2.47. The normalized spacial score (nSPS) is 13.6. The van der Waals surface area contributed by atoms with Crippen LogP contribution in [0.15, 0.2) is 51.0 Å². The standard InChI is InChI=1S/C21H16FN3O2S3/c22-14-3-1-12(2-4-14)15-10-29-20-18(15)19(27)23-21(24-20)30-11-17(26)25-7-5-16-13(9-25)6-8-28-16/h1-4,6,8,10H,5,7,9,11H2,(H,23,24,27). The zero-order chi connectivity index (χ0) is 20.7. The Labute approximate surface area is 183 Å². The molecular weight excluding hydrogens is 441 g/mol. The minimum Gasteiger partial charge on any atom is -0.337 e. The summed E-state index contributed by atoms with van der Waals surface area (Å²) in [6.45, 7) is 1.37. The van der Waals surface area contributed by atoms with Crippen LogP contribution in [0.4, 0.5) is 4.39 Å². The minimum atomic E-state index is -0.322. The third kappa shape index (κ3) is 3.68. The molecule has 0 saturated carbocycles. The topological polar surface area (TPSA) is 66.1 Å². The van der Waals surface area contributed by atoms with E-state index in [1.807, 2.05) is 10.3 Å². The summed E-state index contributed by atoms with van der Waals surface area (Å²) < 4.78 is 13.2. The number of aromatic amines is 1. The Morgan fingerprint density at radius 1 is 1.23 bits per heavy atom. The van der Waals surface area contributed by atoms with Gasteiger partial charge in [-0.25, -0.2) is 9.37 Å². The minimum absolute atomic E-state index is 0.0396. The van der Waals surface area contributed by atoms with E-state index < -0.39 is 0 Å². The Morgan fingerprint density at radius 3 is 2.90 bits per heavy atom. The lowest BCUT2D eigenvalue weighted by atomic mass is 10.1. The van der Waals surface area contributed by atoms with E-state index in [2.05, 4.69) is 21.4 Å². The van der Waals surface area contributed by atoms with Gasteiger partial charge in [0.15, 0.2) is 5.16 Å². The van der Waals surface area contributed by atoms with Crippen molar-refractivity contribution in [3.63, 3.8) is 0 Å². The molecule has 4 aromatic rings. The second-order valence-corrected chi connectivity index (χ2v) is 9.75. The van der Waals surface area contributed by atoms with Gasteiger partial charge in [-0.15, -0.1) is 22.7 Å². The summed E-state index contributed by atoms with van der Waals surface area (Å²) in [6, 6.07) is 8.12. The first-order valence-electron chi connectivity index (χ1n) is 9.32. The Balaban J connectivity index is 1.33. The molecule has 30 heavy (non-hydrogen) atoms. The van der Waals surface area contributed by atoms with E-state index in [4.69, 9.17) is 0 Å². The molecule has 152 valence electrons. The number of carbonyl (C=O) groups excluding carboxylic acids is 1. The largest absolute Gasteiger partial charge is 0.337 e. The first kappa shape index (κ1) is 19.5. The van der Waals surface area contributed by atoms with Crippen molar-refractivity contribution in [2.45, 2.75) is 18.1 Å². The molecule has 0 saturated heterocycles. The molecule has 1 N–H and O–H groups in total. The number of H-pyrrole nitrogens is 1. The number of carbonyl (C=O) groups is 1. The molecule has 0 radical (unpaired) electrons. The molecule has 0 fully saturated rings. The summed E-state index contributed by atoms with van der Waals surface area (Å²) >= 11 is 4.35. The van der Waals surface area contributed by atoms with Gasteiger partial charge in [-0.05, 0) is 41.1 Å². The Morgan fingerprint density at radius 2 is 2.07 bits per heavy atom. The van der Waals surface area contributed by atoms with Crippen LogP contribution in [0, 0.1) is 5.82 Å². The molecule has 9 heteroatoms. The number of amides is 1. The van der Waals surface area contributed by atoms with E-state index in [1.165, 1.54) is 45.7 Å². The molecule has 1 amide bonds. The maximum atomic E-state index is 13.2. The highest BCUT2D eigenvalue weighted by molar-refractivity contribution is 7.99. The average molecular weight is 458 g/mol. The number of hydrogen-bond donors (Lipinski definition) is 1. The fourth-order valence-corrected chi connectivity index (χ4v) is 6.18. The summed E-state index contributed by atoms with van der Waals surface area (Å²) in [6.07, 6.45) is 0.895. The molecule has 0 aliphatic carbocycles. The molecule has 3 aromatic heterocycles. The van der Waals surface area contributed by atoms with Crippen molar-refractivity contribution < 1.29 is 9.18 Å². The van der Waals surface area contributed by atoms with Gasteiger partial charge in [0, 0.05) is 28.9 Å². The van der Waals surface area contributed by atoms with Gasteiger partial charge >= 0.3 is 0 Å². The number of fused-ring (bicyclic) bond motifs is 2. The van der Waals surface area contributed by atoms with Crippen molar-refractivity contribution in [2.75, 3.05) is 12.3 Å². The van der Waals surface area contributed by atoms with Crippen LogP contribution in [0.25, 0.3) is 21.3 Å². The second kappa shape index (κ2) is 7.98. The SMILES string of the molecule is O=C(CSc1nc2scc(-c3ccc(F)cc3)c2c(=O)[nH]1)N1CCc2sccc2C1. The molecule has 1 aliphatic rings. The number of nitrogens with zero attached hydrogens (tertiary/aromatic N) is 2. The lowest BCUT2D eigenvalue weighted by Gasteiger charge is -2.26. The fourth-order valence-electron chi connectivity index (χ4n) is 3.52. The first-order chi connectivity index (χ1) is 14.6. The summed E-state index contributed by atoms with van der Waals surface area (Å²) in [5.74, 6) is -0.0558. The van der Waals surface area contributed by atoms with Crippen molar-refractivity contribution in [1.29, 1.82) is 0 Å². The predicted molar refractivity (Wildman–Crippen MR) is 120 cm³/mol. The van der Waals surface area contributed by atoms with Gasteiger partial charge in [0.05, 0.1) is 11.1 Å². The molecule has 5 nitrogen and oxygen atoms in total. The van der Waals surface area contributed by atoms with Gasteiger partial charge in [0.1, 0.15) is 10.6 Å². The monoisotopic (exact) mass is 457 g/mol. The van der Waals surface area contributed by atoms with Gasteiger partial charge in [-0.3, -0.25) is 9.59 Å². The lowest BCUT2D eigenvalue weighted by molar-refractivity contribution is -0.129. The lowest BCUT2D eigenvalue weighted by Crippen LogP contribution is -2.36. The summed E-state index contributed by atoms with van der Waals surface area (Å²) in [4.78, 5) is 36.5. The maximum absolute atomic E-state index is 13.2. The number of rotatable bonds is 4. The number of hydrogen-bond acceptors (Lipinski definition) is 6. The van der Waals surface area contributed by atoms with Crippen LogP contribution >= 0.6 is 34.4 Å². The quantitative estimate of drug-likeness (QED) is 0.361. The number of nitrogens with one attached hydrogen (secondary N) is 1. The summed E-state index contributed by atoms with van der Waals surface area (Å²) in [5, 5.41) is 4.84. The fraction of sp³-hybridized carbons (Fsp3) is 0.190. The van der Waals surface area contributed by atoms with Gasteiger partial charge < -0.3 is 9.88 Å². The van der Waals surface area contributed by atoms with Crippen molar-refractivity contribution in [3.05, 3.63) is 67.7 Å². The Hall–Kier alpha value is -2.49. The van der Waals surface area contributed by atoms with Gasteiger partial charge in [-0.1, -0.05) is 23.9 Å². The molecule has 4 heterocycles. The van der Waals surface area contributed by atoms with Crippen molar-refractivity contribution in [3.8, 4) is 11.1 Å². The van der Waals surface area contributed by atoms with Crippen LogP contribution in [0.3, 0.4) is 0 Å². The van der Waals surface area contributed by atoms with Crippen LogP contribution in [0.1, 0.15) is 10.4 Å². The maximum Gasteiger partial charge on any atom is 0.260 e. The number of aromatic nitrogens is 2. The molecule has 0 atom stereocenters. The van der Waals surface area contributed by atoms with Crippen molar-refractivity contribution in [1.82, 2.24) is 14.9 Å². The predicted octanol–water partition coefficient (Wildman–Crippen LogP) is 4.53. The Kier molecular flexibility index (Phi) is 5.18. The van der Waals surface area contributed by atoms with Crippen LogP contribution < -0.4 is 5.56 Å². The highest BCUT2D eigenvalue weighted by atomic mass is 32.2. The molecule has 0 bridgehead atoms. The van der Waals surface area contributed by atoms with Crippen LogP contribution in [0.2, 0.25) is 0 Å². The number of thiophene rings is 2. The summed E-state index contributed by atoms with van der Waals surface area (Å²) in [7, 11) is 0. The van der Waals surface area contributed by atoms with E-state index >= 15 is 0 Å². The zero-order valence-electron chi connectivity index (χ0n) is 15.7. The molecule has 1 aliphatic heterocycles. The smallest absolute Gasteiger partial charge is 0.260 e. The first-order valence-corrected chi connectivity index (χ1v) is 12.1. The van der Waals surface area contributed by atoms with Gasteiger partial charge in [0.25, 0.3) is 5.56 Å². The van der Waals surface area contributed by atoms with Crippen LogP contribution in [-0.2, 0) is 17.8 Å². The number of halogens is 1. The number of thioether (sulfide) groups is 1. The third-order valence-corrected chi connectivity index (χ3v) is 7.82. The molecule has 5 rings (SSSR count). The van der Waals surface area contributed by atoms with E-state index in [-0.39, 0.29) is 23.0 Å². The average Bonchev–Trinajstić information content (AvgIpc) is 3.39. The van der Waals surface area contributed by atoms with E-state index in [0.717, 1.165) is 24.1 Å². The molecule has 0 unspecified atom stereocenters. The van der Waals surface area contributed by atoms with Crippen LogP contribution in [-0.4, -0.2) is 33.1 Å². The van der Waals surface area contributed by atoms with Crippen LogP contribution in [0.5, 0.6) is 0 Å². The molecular formula is C21H16FN3O2S3. The highest BCUT2D eigenvalue weighted by Gasteiger charge is 2.22. The Bertz CT molecular complexity index is 1290. The second-order valence-electron chi connectivity index (χ2n) is 6.93. The molecule has 1 aromatic carbocycles. The molecule has 0 spiro atoms. The van der Waals surface area contributed by atoms with Crippen molar-refractivity contribution >= 4 is 50.6 Å². The zero-order valence-corrected chi connectivity index (χ0v) is 18.1. The van der Waals surface area contributed by atoms with Gasteiger partial charge in [-0.2, -0.15) is 0 Å². The van der Waals surface area contributed by atoms with E-state index in [1.54, 1.807) is 23.5 Å². The number of benzene rings is 1.